The van der Waals surface area contributed by atoms with Gasteiger partial charge < -0.3 is 29.0 Å². The van der Waals surface area contributed by atoms with Crippen LogP contribution >= 0.6 is 0 Å². The molecule has 1 aromatic carbocycles. The molecule has 0 saturated carbocycles. The molecule has 1 amide bonds. The fourth-order valence-electron chi connectivity index (χ4n) is 5.50. The van der Waals surface area contributed by atoms with Gasteiger partial charge in [-0.2, -0.15) is 0 Å². The van der Waals surface area contributed by atoms with E-state index >= 15 is 0 Å². The fourth-order valence-corrected chi connectivity index (χ4v) is 5.50. The van der Waals surface area contributed by atoms with E-state index in [1.165, 1.54) is 13.4 Å². The summed E-state index contributed by atoms with van der Waals surface area (Å²) in [5.74, 6) is -2.38. The van der Waals surface area contributed by atoms with E-state index in [2.05, 4.69) is 21.0 Å². The van der Waals surface area contributed by atoms with Gasteiger partial charge in [-0.15, -0.1) is 0 Å². The number of amides is 1. The first-order chi connectivity index (χ1) is 18.5. The van der Waals surface area contributed by atoms with E-state index in [-0.39, 0.29) is 12.5 Å². The predicted molar refractivity (Wildman–Crippen MR) is 135 cm³/mol. The predicted octanol–water partition coefficient (Wildman–Crippen LogP) is 1.60. The number of esters is 2. The largest absolute Gasteiger partial charge is 0.491 e. The molecule has 38 heavy (non-hydrogen) atoms. The van der Waals surface area contributed by atoms with Crippen molar-refractivity contribution in [1.82, 2.24) is 19.9 Å². The summed E-state index contributed by atoms with van der Waals surface area (Å²) in [6.07, 6.45) is 7.90. The van der Waals surface area contributed by atoms with Gasteiger partial charge in [-0.1, -0.05) is 0 Å². The molecule has 198 valence electrons. The van der Waals surface area contributed by atoms with Crippen molar-refractivity contribution >= 4 is 40.3 Å². The average molecular weight is 521 g/mol. The first-order valence-corrected chi connectivity index (χ1v) is 12.7. The molecule has 1 N–H and O–H groups in total. The van der Waals surface area contributed by atoms with Crippen LogP contribution in [-0.4, -0.2) is 83.4 Å². The van der Waals surface area contributed by atoms with E-state index in [0.717, 1.165) is 48.0 Å². The number of H-pyrrole nitrogens is 1. The molecule has 2 aromatic heterocycles. The molecule has 5 heterocycles. The molecule has 3 aliphatic heterocycles. The Kier molecular flexibility index (Phi) is 6.10. The Morgan fingerprint density at radius 2 is 1.97 bits per heavy atom. The first-order valence-electron chi connectivity index (χ1n) is 12.7. The third-order valence-electron chi connectivity index (χ3n) is 7.37. The van der Waals surface area contributed by atoms with Crippen molar-refractivity contribution in [2.24, 2.45) is 0 Å². The number of methoxy groups -OCH3 is 1. The normalized spacial score (nSPS) is 19.4. The molecule has 12 nitrogen and oxygen atoms in total. The van der Waals surface area contributed by atoms with Gasteiger partial charge in [0.2, 0.25) is 5.91 Å². The maximum absolute atomic E-state index is 12.2. The number of aromatic amines is 1. The van der Waals surface area contributed by atoms with Crippen LogP contribution in [0.4, 0.5) is 11.5 Å². The molecule has 0 aliphatic carbocycles. The molecule has 0 bridgehead atoms. The van der Waals surface area contributed by atoms with Gasteiger partial charge in [0.05, 0.1) is 13.3 Å². The number of fused-ring (bicyclic) bond motifs is 1. The molecule has 3 fully saturated rings. The second-order valence-corrected chi connectivity index (χ2v) is 9.61. The van der Waals surface area contributed by atoms with Gasteiger partial charge in [0.1, 0.15) is 12.9 Å². The summed E-state index contributed by atoms with van der Waals surface area (Å²) in [5, 5.41) is 1.08. The van der Waals surface area contributed by atoms with Crippen molar-refractivity contribution in [3.05, 3.63) is 42.5 Å². The van der Waals surface area contributed by atoms with Gasteiger partial charge in [0.25, 0.3) is 0 Å². The minimum atomic E-state index is -1.54. The van der Waals surface area contributed by atoms with Gasteiger partial charge in [0.15, 0.2) is 11.6 Å². The van der Waals surface area contributed by atoms with Crippen LogP contribution in [0.25, 0.3) is 10.9 Å². The van der Waals surface area contributed by atoms with Crippen molar-refractivity contribution in [3.8, 4) is 5.75 Å². The zero-order chi connectivity index (χ0) is 26.3. The Morgan fingerprint density at radius 1 is 1.13 bits per heavy atom. The molecule has 1 spiro atoms. The maximum atomic E-state index is 12.2. The number of aryl methyl sites for hydroxylation is 1. The molecule has 3 saturated heterocycles. The average Bonchev–Trinajstić information content (AvgIpc) is 3.62. The number of nitrogens with one attached hydrogen (secondary N) is 1. The van der Waals surface area contributed by atoms with Gasteiger partial charge in [-0.05, 0) is 43.0 Å². The molecule has 6 rings (SSSR count). The molecule has 0 radical (unpaired) electrons. The number of hydrogen-bond acceptors (Lipinski definition) is 10. The Hall–Kier alpha value is -4.19. The summed E-state index contributed by atoms with van der Waals surface area (Å²) in [6.45, 7) is 2.41. The lowest BCUT2D eigenvalue weighted by atomic mass is 10.1. The molecule has 0 unspecified atom stereocenters. The van der Waals surface area contributed by atoms with E-state index in [9.17, 15) is 14.4 Å². The first kappa shape index (κ1) is 24.2. The lowest BCUT2D eigenvalue weighted by Gasteiger charge is -2.45. The highest BCUT2D eigenvalue weighted by atomic mass is 16.8. The summed E-state index contributed by atoms with van der Waals surface area (Å²) < 4.78 is 16.4. The summed E-state index contributed by atoms with van der Waals surface area (Å²) in [4.78, 5) is 53.7. The van der Waals surface area contributed by atoms with Crippen molar-refractivity contribution in [1.29, 1.82) is 0 Å². The van der Waals surface area contributed by atoms with Gasteiger partial charge >= 0.3 is 17.8 Å². The Balaban J connectivity index is 1.18. The number of anilines is 2. The van der Waals surface area contributed by atoms with Gasteiger partial charge in [-0.25, -0.2) is 24.5 Å². The number of aromatic nitrogens is 3. The van der Waals surface area contributed by atoms with Crippen LogP contribution in [0.15, 0.2) is 36.9 Å². The summed E-state index contributed by atoms with van der Waals surface area (Å²) in [6, 6.07) is 6.05. The topological polar surface area (TPSA) is 130 Å². The van der Waals surface area contributed by atoms with Crippen LogP contribution in [0, 0.1) is 0 Å². The number of hydrogen-bond donors (Lipinski definition) is 1. The number of carbonyl (C=O) groups excluding carboxylic acids is 3. The third-order valence-corrected chi connectivity index (χ3v) is 7.37. The standard InChI is InChI=1S/C26H28N6O6/c1-36-21-14-27-16-29-23(21)30-10-11-31(26(15-30)37-24(34)25(35)38-26)8-2-4-17-13-28-20-7-6-18(12-19(17)20)32-9-3-5-22(32)33/h6-7,12-14,16,28H,2-5,8-11,15H2,1H3. The summed E-state index contributed by atoms with van der Waals surface area (Å²) in [7, 11) is 1.53. The number of nitrogens with zero attached hydrogens (tertiary/aromatic N) is 5. The van der Waals surface area contributed by atoms with E-state index in [4.69, 9.17) is 14.2 Å². The van der Waals surface area contributed by atoms with Crippen molar-refractivity contribution in [3.63, 3.8) is 0 Å². The van der Waals surface area contributed by atoms with Crippen LogP contribution in [0.2, 0.25) is 0 Å². The number of piperazine rings is 1. The highest BCUT2D eigenvalue weighted by Crippen LogP contribution is 2.35. The number of carbonyl (C=O) groups is 3. The van der Waals surface area contributed by atoms with Gasteiger partial charge in [-0.3, -0.25) is 4.79 Å². The van der Waals surface area contributed by atoms with Crippen LogP contribution in [0.1, 0.15) is 24.8 Å². The van der Waals surface area contributed by atoms with E-state index in [1.54, 1.807) is 6.20 Å². The Morgan fingerprint density at radius 3 is 2.74 bits per heavy atom. The van der Waals surface area contributed by atoms with Crippen LogP contribution in [-0.2, 0) is 30.3 Å². The minimum Gasteiger partial charge on any atom is -0.491 e. The molecule has 0 atom stereocenters. The molecule has 12 heteroatoms. The molecule has 3 aromatic rings. The van der Waals surface area contributed by atoms with E-state index in [0.29, 0.717) is 37.6 Å². The van der Waals surface area contributed by atoms with Crippen LogP contribution in [0.5, 0.6) is 5.75 Å². The minimum absolute atomic E-state index is 0.0954. The number of ether oxygens (including phenoxy) is 3. The Labute approximate surface area is 218 Å². The van der Waals surface area contributed by atoms with Crippen molar-refractivity contribution < 1.29 is 28.6 Å². The number of benzene rings is 1. The lowest BCUT2D eigenvalue weighted by molar-refractivity contribution is -0.251. The van der Waals surface area contributed by atoms with E-state index in [1.807, 2.05) is 33.0 Å². The quantitative estimate of drug-likeness (QED) is 0.362. The fraction of sp³-hybridized carbons (Fsp3) is 0.423. The molecular formula is C26H28N6O6. The summed E-state index contributed by atoms with van der Waals surface area (Å²) in [5.41, 5.74) is 3.06. The molecular weight excluding hydrogens is 492 g/mol. The van der Waals surface area contributed by atoms with Gasteiger partial charge in [0, 0.05) is 55.4 Å². The summed E-state index contributed by atoms with van der Waals surface area (Å²) >= 11 is 0. The number of rotatable bonds is 7. The van der Waals surface area contributed by atoms with Crippen molar-refractivity contribution in [2.45, 2.75) is 31.6 Å². The molecule has 3 aliphatic rings. The monoisotopic (exact) mass is 520 g/mol. The lowest BCUT2D eigenvalue weighted by Crippen LogP contribution is -2.63. The zero-order valence-electron chi connectivity index (χ0n) is 21.0. The SMILES string of the molecule is COc1cncnc1N1CCN(CCCc2c[nH]c3ccc(N4CCCC4=O)cc23)C2(C1)OC(=O)C(=O)O2. The van der Waals surface area contributed by atoms with E-state index < -0.39 is 17.8 Å². The highest BCUT2D eigenvalue weighted by molar-refractivity contribution is 6.31. The highest BCUT2D eigenvalue weighted by Gasteiger charge is 2.56. The Bertz CT molecular complexity index is 1390. The van der Waals surface area contributed by atoms with Crippen molar-refractivity contribution in [2.75, 3.05) is 49.6 Å². The second kappa shape index (κ2) is 9.60. The smallest absolute Gasteiger partial charge is 0.421 e. The second-order valence-electron chi connectivity index (χ2n) is 9.61. The maximum Gasteiger partial charge on any atom is 0.421 e. The van der Waals surface area contributed by atoms with Crippen LogP contribution in [0.3, 0.4) is 0 Å². The zero-order valence-corrected chi connectivity index (χ0v) is 21.0. The third kappa shape index (κ3) is 4.20. The van der Waals surface area contributed by atoms with Crippen LogP contribution < -0.4 is 14.5 Å².